The second kappa shape index (κ2) is 11.9. The number of nitrogens with zero attached hydrogens (tertiary/aromatic N) is 4. The standard InChI is InChI=1S/C28H36N8O3/c1-4-6-23(37)24-18(7-5-8-21(24)33-26(38)22-9-12-29-22)15-30-28-35-27(32-19-10-13-39-14-11-19)34-25-20(17(2)3)16-31-36(25)28/h4-8,16-17,19,22,29H,9-15H2,1-3H3,(H,33,38)(H2,30,32,34,35)/b6-4+. The predicted octanol–water partition coefficient (Wildman–Crippen LogP) is 3.51. The molecule has 5 rings (SSSR count). The zero-order valence-electron chi connectivity index (χ0n) is 22.7. The van der Waals surface area contributed by atoms with E-state index in [0.717, 1.165) is 42.6 Å². The van der Waals surface area contributed by atoms with Gasteiger partial charge < -0.3 is 26.0 Å². The summed E-state index contributed by atoms with van der Waals surface area (Å²) in [6, 6.07) is 5.48. The summed E-state index contributed by atoms with van der Waals surface area (Å²) >= 11 is 0. The van der Waals surface area contributed by atoms with Gasteiger partial charge in [0.05, 0.1) is 23.5 Å². The van der Waals surface area contributed by atoms with Gasteiger partial charge in [0.1, 0.15) is 0 Å². The van der Waals surface area contributed by atoms with E-state index < -0.39 is 0 Å². The molecule has 11 heteroatoms. The first-order chi connectivity index (χ1) is 18.9. The van der Waals surface area contributed by atoms with E-state index in [1.54, 1.807) is 23.6 Å². The molecule has 3 aromatic rings. The lowest BCUT2D eigenvalue weighted by molar-refractivity contribution is -0.119. The van der Waals surface area contributed by atoms with Gasteiger partial charge in [-0.25, -0.2) is 0 Å². The fourth-order valence-corrected chi connectivity index (χ4v) is 4.79. The number of benzene rings is 1. The van der Waals surface area contributed by atoms with Crippen LogP contribution in [0.1, 0.15) is 67.4 Å². The molecule has 0 spiro atoms. The summed E-state index contributed by atoms with van der Waals surface area (Å²) in [6.07, 6.45) is 7.59. The number of nitrogens with one attached hydrogen (secondary N) is 4. The molecule has 0 aliphatic carbocycles. The van der Waals surface area contributed by atoms with Gasteiger partial charge in [0.15, 0.2) is 11.4 Å². The second-order valence-corrected chi connectivity index (χ2v) is 10.2. The summed E-state index contributed by atoms with van der Waals surface area (Å²) in [5.74, 6) is 0.955. The molecule has 0 radical (unpaired) electrons. The van der Waals surface area contributed by atoms with Crippen molar-refractivity contribution in [2.24, 2.45) is 0 Å². The molecule has 1 amide bonds. The Balaban J connectivity index is 1.46. The van der Waals surface area contributed by atoms with Gasteiger partial charge >= 0.3 is 0 Å². The van der Waals surface area contributed by atoms with Crippen LogP contribution in [0.5, 0.6) is 0 Å². The van der Waals surface area contributed by atoms with Gasteiger partial charge in [-0.3, -0.25) is 9.59 Å². The maximum absolute atomic E-state index is 13.2. The van der Waals surface area contributed by atoms with Crippen LogP contribution >= 0.6 is 0 Å². The van der Waals surface area contributed by atoms with Crippen molar-refractivity contribution in [3.63, 3.8) is 0 Å². The van der Waals surface area contributed by atoms with Crippen molar-refractivity contribution in [1.82, 2.24) is 24.9 Å². The van der Waals surface area contributed by atoms with Gasteiger partial charge in [-0.15, -0.1) is 0 Å². The van der Waals surface area contributed by atoms with Gasteiger partial charge in [0.25, 0.3) is 0 Å². The third kappa shape index (κ3) is 5.94. The molecule has 39 heavy (non-hydrogen) atoms. The Bertz CT molecular complexity index is 1370. The highest BCUT2D eigenvalue weighted by Gasteiger charge is 2.26. The van der Waals surface area contributed by atoms with Gasteiger partial charge in [0.2, 0.25) is 17.8 Å². The van der Waals surface area contributed by atoms with Gasteiger partial charge in [-0.1, -0.05) is 32.1 Å². The van der Waals surface area contributed by atoms with E-state index in [1.165, 1.54) is 6.08 Å². The van der Waals surface area contributed by atoms with Crippen LogP contribution < -0.4 is 21.3 Å². The molecule has 4 heterocycles. The van der Waals surface area contributed by atoms with Crippen LogP contribution in [0.3, 0.4) is 0 Å². The molecule has 1 atom stereocenters. The van der Waals surface area contributed by atoms with E-state index in [0.29, 0.717) is 42.9 Å². The Morgan fingerprint density at radius 3 is 2.69 bits per heavy atom. The van der Waals surface area contributed by atoms with Crippen molar-refractivity contribution in [3.8, 4) is 0 Å². The number of carbonyl (C=O) groups is 2. The van der Waals surface area contributed by atoms with E-state index in [2.05, 4.69) is 40.2 Å². The van der Waals surface area contributed by atoms with E-state index in [4.69, 9.17) is 14.7 Å². The smallest absolute Gasteiger partial charge is 0.241 e. The van der Waals surface area contributed by atoms with E-state index in [1.807, 2.05) is 18.3 Å². The lowest BCUT2D eigenvalue weighted by Gasteiger charge is -2.26. The zero-order chi connectivity index (χ0) is 27.4. The first-order valence-corrected chi connectivity index (χ1v) is 13.6. The number of hydrogen-bond acceptors (Lipinski definition) is 9. The number of amides is 1. The molecule has 2 aliphatic heterocycles. The molecule has 1 unspecified atom stereocenters. The van der Waals surface area contributed by atoms with Crippen molar-refractivity contribution in [1.29, 1.82) is 0 Å². The Hall–Kier alpha value is -3.83. The van der Waals surface area contributed by atoms with Crippen LogP contribution in [-0.4, -0.2) is 63.1 Å². The highest BCUT2D eigenvalue weighted by molar-refractivity contribution is 6.12. The van der Waals surface area contributed by atoms with E-state index >= 15 is 0 Å². The summed E-state index contributed by atoms with van der Waals surface area (Å²) in [4.78, 5) is 35.4. The molecule has 2 fully saturated rings. The number of fused-ring (bicyclic) bond motifs is 1. The maximum Gasteiger partial charge on any atom is 0.241 e. The molecule has 0 saturated carbocycles. The predicted molar refractivity (Wildman–Crippen MR) is 150 cm³/mol. The highest BCUT2D eigenvalue weighted by atomic mass is 16.5. The molecule has 1 aromatic carbocycles. The Morgan fingerprint density at radius 2 is 2.00 bits per heavy atom. The molecular formula is C28H36N8O3. The SMILES string of the molecule is C/C=C/C(=O)c1c(CNc2nc(NC3CCOCC3)nc3c(C(C)C)cnn23)cccc1NC(=O)C1CCN1. The topological polar surface area (TPSA) is 135 Å². The quantitative estimate of drug-likeness (QED) is 0.229. The number of allylic oxidation sites excluding steroid dienone is 2. The van der Waals surface area contributed by atoms with Gasteiger partial charge in [-0.05, 0) is 56.4 Å². The largest absolute Gasteiger partial charge is 0.381 e. The van der Waals surface area contributed by atoms with Crippen LogP contribution in [0.4, 0.5) is 17.6 Å². The summed E-state index contributed by atoms with van der Waals surface area (Å²) in [6.45, 7) is 8.54. The maximum atomic E-state index is 13.2. The Kier molecular flexibility index (Phi) is 8.18. The van der Waals surface area contributed by atoms with Crippen LogP contribution in [0.25, 0.3) is 5.65 Å². The van der Waals surface area contributed by atoms with Crippen LogP contribution in [-0.2, 0) is 16.1 Å². The third-order valence-electron chi connectivity index (χ3n) is 7.12. The first-order valence-electron chi connectivity index (χ1n) is 13.6. The Labute approximate surface area is 227 Å². The van der Waals surface area contributed by atoms with Crippen molar-refractivity contribution in [2.75, 3.05) is 35.7 Å². The molecule has 206 valence electrons. The fourth-order valence-electron chi connectivity index (χ4n) is 4.79. The third-order valence-corrected chi connectivity index (χ3v) is 7.12. The number of ether oxygens (including phenoxy) is 1. The summed E-state index contributed by atoms with van der Waals surface area (Å²) in [5, 5.41) is 17.4. The number of anilines is 3. The lowest BCUT2D eigenvalue weighted by atomic mass is 9.99. The molecule has 11 nitrogen and oxygen atoms in total. The molecule has 0 bridgehead atoms. The molecule has 4 N–H and O–H groups in total. The average molecular weight is 533 g/mol. The minimum absolute atomic E-state index is 0.139. The Morgan fingerprint density at radius 1 is 1.21 bits per heavy atom. The molecular weight excluding hydrogens is 496 g/mol. The average Bonchev–Trinajstić information content (AvgIpc) is 3.31. The number of aromatic nitrogens is 4. The summed E-state index contributed by atoms with van der Waals surface area (Å²) < 4.78 is 7.19. The van der Waals surface area contributed by atoms with Crippen molar-refractivity contribution in [2.45, 2.75) is 64.6 Å². The first kappa shape index (κ1) is 26.8. The summed E-state index contributed by atoms with van der Waals surface area (Å²) in [5.41, 5.74) is 3.43. The summed E-state index contributed by atoms with van der Waals surface area (Å²) in [7, 11) is 0. The van der Waals surface area contributed by atoms with Crippen LogP contribution in [0, 0.1) is 0 Å². The number of rotatable bonds is 10. The second-order valence-electron chi connectivity index (χ2n) is 10.2. The number of carbonyl (C=O) groups excluding carboxylic acids is 2. The minimum Gasteiger partial charge on any atom is -0.381 e. The van der Waals surface area contributed by atoms with Crippen LogP contribution in [0.2, 0.25) is 0 Å². The minimum atomic E-state index is -0.234. The molecule has 2 aliphatic rings. The van der Waals surface area contributed by atoms with Crippen molar-refractivity contribution >= 4 is 34.9 Å². The van der Waals surface area contributed by atoms with Crippen LogP contribution in [0.15, 0.2) is 36.5 Å². The molecule has 2 saturated heterocycles. The lowest BCUT2D eigenvalue weighted by Crippen LogP contribution is -2.51. The normalized spacial score (nSPS) is 17.9. The highest BCUT2D eigenvalue weighted by Crippen LogP contribution is 2.26. The van der Waals surface area contributed by atoms with Crippen molar-refractivity contribution in [3.05, 3.63) is 53.2 Å². The van der Waals surface area contributed by atoms with E-state index in [9.17, 15) is 9.59 Å². The number of hydrogen-bond donors (Lipinski definition) is 4. The fraction of sp³-hybridized carbons (Fsp3) is 0.464. The van der Waals surface area contributed by atoms with Crippen molar-refractivity contribution < 1.29 is 14.3 Å². The monoisotopic (exact) mass is 532 g/mol. The zero-order valence-corrected chi connectivity index (χ0v) is 22.7. The van der Waals surface area contributed by atoms with E-state index in [-0.39, 0.29) is 29.7 Å². The number of ketones is 1. The molecule has 2 aromatic heterocycles. The van der Waals surface area contributed by atoms with Gasteiger partial charge in [-0.2, -0.15) is 19.6 Å². The van der Waals surface area contributed by atoms with Gasteiger partial charge in [0, 0.05) is 31.4 Å².